The molecule has 7 heteroatoms. The largest absolute Gasteiger partial charge is 2.00 e. The van der Waals surface area contributed by atoms with Crippen LogP contribution >= 0.6 is 0 Å². The van der Waals surface area contributed by atoms with Gasteiger partial charge in [0, 0.05) is 34.2 Å². The molecular formula is C39H35N5OPt. The van der Waals surface area contributed by atoms with Gasteiger partial charge in [-0.2, -0.15) is 22.0 Å². The minimum absolute atomic E-state index is 0. The van der Waals surface area contributed by atoms with Gasteiger partial charge in [-0.15, -0.1) is 40.8 Å². The number of fused-ring (bicyclic) bond motifs is 3. The van der Waals surface area contributed by atoms with Crippen molar-refractivity contribution in [3.8, 4) is 34.3 Å². The third-order valence-corrected chi connectivity index (χ3v) is 7.96. The smallest absolute Gasteiger partial charge is 0.509 e. The molecule has 4 aromatic carbocycles. The Morgan fingerprint density at radius 3 is 2.17 bits per heavy atom. The maximum absolute atomic E-state index is 6.39. The van der Waals surface area contributed by atoms with Crippen LogP contribution in [0.1, 0.15) is 52.8 Å². The van der Waals surface area contributed by atoms with Crippen molar-refractivity contribution in [1.82, 2.24) is 24.5 Å². The average Bonchev–Trinajstić information content (AvgIpc) is 3.62. The summed E-state index contributed by atoms with van der Waals surface area (Å²) >= 11 is 0. The molecular weight excluding hydrogens is 750 g/mol. The van der Waals surface area contributed by atoms with Crippen LogP contribution in [0.3, 0.4) is 0 Å². The van der Waals surface area contributed by atoms with E-state index in [-0.39, 0.29) is 31.9 Å². The van der Waals surface area contributed by atoms with E-state index in [0.29, 0.717) is 17.2 Å². The Labute approximate surface area is 284 Å². The van der Waals surface area contributed by atoms with Crippen LogP contribution in [0, 0.1) is 12.1 Å². The normalized spacial score (nSPS) is 12.0. The van der Waals surface area contributed by atoms with Crippen LogP contribution in [0.15, 0.2) is 103 Å². The first-order chi connectivity index (χ1) is 21.6. The molecule has 0 radical (unpaired) electrons. The molecule has 6 nitrogen and oxygen atoms in total. The summed E-state index contributed by atoms with van der Waals surface area (Å²) in [6, 6.07) is 39.5. The van der Waals surface area contributed by atoms with Crippen molar-refractivity contribution in [2.24, 2.45) is 0 Å². The first kappa shape index (κ1) is 31.4. The second kappa shape index (κ2) is 12.0. The minimum atomic E-state index is -0.193. The molecule has 0 unspecified atom stereocenters. The fraction of sp³-hybridized carbons (Fsp3) is 0.205. The van der Waals surface area contributed by atoms with Crippen LogP contribution in [0.25, 0.3) is 44.6 Å². The van der Waals surface area contributed by atoms with E-state index in [1.54, 1.807) is 4.80 Å². The Morgan fingerprint density at radius 2 is 1.41 bits per heavy atom. The van der Waals surface area contributed by atoms with E-state index >= 15 is 0 Å². The molecule has 232 valence electrons. The van der Waals surface area contributed by atoms with Crippen LogP contribution in [-0.2, 0) is 31.9 Å². The van der Waals surface area contributed by atoms with Gasteiger partial charge in [0.05, 0.1) is 5.69 Å². The summed E-state index contributed by atoms with van der Waals surface area (Å²) in [6.07, 6.45) is 1.88. The first-order valence-electron chi connectivity index (χ1n) is 15.2. The van der Waals surface area contributed by atoms with Crippen LogP contribution in [0.5, 0.6) is 11.5 Å². The summed E-state index contributed by atoms with van der Waals surface area (Å²) < 4.78 is 8.56. The van der Waals surface area contributed by atoms with Crippen LogP contribution in [0.2, 0.25) is 0 Å². The van der Waals surface area contributed by atoms with Gasteiger partial charge in [0.1, 0.15) is 11.5 Å². The maximum Gasteiger partial charge on any atom is 2.00 e. The van der Waals surface area contributed by atoms with E-state index in [4.69, 9.17) is 19.9 Å². The second-order valence-corrected chi connectivity index (χ2v) is 13.4. The molecule has 0 aliphatic rings. The molecule has 0 spiro atoms. The van der Waals surface area contributed by atoms with Crippen molar-refractivity contribution in [1.29, 1.82) is 0 Å². The molecule has 3 aromatic heterocycles. The van der Waals surface area contributed by atoms with E-state index in [2.05, 4.69) is 113 Å². The summed E-state index contributed by atoms with van der Waals surface area (Å²) in [5, 5.41) is 12.0. The number of pyridine rings is 1. The van der Waals surface area contributed by atoms with E-state index in [0.717, 1.165) is 44.6 Å². The van der Waals surface area contributed by atoms with Crippen molar-refractivity contribution >= 4 is 21.8 Å². The van der Waals surface area contributed by atoms with Gasteiger partial charge in [0.15, 0.2) is 0 Å². The number of aromatic nitrogens is 5. The van der Waals surface area contributed by atoms with Gasteiger partial charge >= 0.3 is 21.1 Å². The molecule has 46 heavy (non-hydrogen) atoms. The molecule has 0 bridgehead atoms. The molecule has 0 saturated carbocycles. The standard InChI is InChI=1S/C39H35N5O.Pt/c1-38(2,3)27-21-22-40-35(23-27)43-33-18-11-10-17-31(33)32-20-19-30(25-34(32)43)45-29-16-12-15-28(24-29)44-41-36(26-13-8-7-9-14-26)37(42-44)39(4,5)6;/h7-23H,1-6H3;/q-2;+2. The zero-order chi connectivity index (χ0) is 31.3. The number of benzene rings is 4. The molecule has 0 aliphatic heterocycles. The molecule has 3 heterocycles. The van der Waals surface area contributed by atoms with Gasteiger partial charge in [-0.1, -0.05) is 95.6 Å². The van der Waals surface area contributed by atoms with E-state index < -0.39 is 0 Å². The Kier molecular flexibility index (Phi) is 8.20. The fourth-order valence-corrected chi connectivity index (χ4v) is 5.62. The predicted molar refractivity (Wildman–Crippen MR) is 181 cm³/mol. The molecule has 7 rings (SSSR count). The molecule has 0 fully saturated rings. The Hall–Kier alpha value is -4.54. The number of hydrogen-bond acceptors (Lipinski definition) is 4. The van der Waals surface area contributed by atoms with Gasteiger partial charge in [0.2, 0.25) is 0 Å². The number of hydrogen-bond donors (Lipinski definition) is 0. The number of rotatable bonds is 5. The summed E-state index contributed by atoms with van der Waals surface area (Å²) in [5.41, 5.74) is 6.49. The monoisotopic (exact) mass is 784 g/mol. The van der Waals surface area contributed by atoms with Crippen LogP contribution < -0.4 is 4.74 Å². The average molecular weight is 785 g/mol. The Morgan fingerprint density at radius 1 is 0.674 bits per heavy atom. The van der Waals surface area contributed by atoms with Gasteiger partial charge in [-0.05, 0) is 40.3 Å². The maximum atomic E-state index is 6.39. The zero-order valence-electron chi connectivity index (χ0n) is 26.8. The third kappa shape index (κ3) is 5.90. The van der Waals surface area contributed by atoms with E-state index in [1.807, 2.05) is 48.7 Å². The van der Waals surface area contributed by atoms with Crippen molar-refractivity contribution in [2.45, 2.75) is 52.4 Å². The van der Waals surface area contributed by atoms with Crippen molar-refractivity contribution in [2.75, 3.05) is 0 Å². The number of nitrogens with zero attached hydrogens (tertiary/aromatic N) is 5. The van der Waals surface area contributed by atoms with Gasteiger partial charge in [0.25, 0.3) is 0 Å². The van der Waals surface area contributed by atoms with Crippen molar-refractivity contribution in [3.63, 3.8) is 0 Å². The zero-order valence-corrected chi connectivity index (χ0v) is 29.0. The SMILES string of the molecule is CC(C)(C)c1ccnc(-n2c3[c-]c(Oc4[c-]c(-n5nc(-c6ccccc6)c(C(C)(C)C)n5)ccc4)ccc3c3ccccc32)c1.[Pt+2]. The van der Waals surface area contributed by atoms with Gasteiger partial charge in [-0.25, -0.2) is 4.98 Å². The van der Waals surface area contributed by atoms with Crippen molar-refractivity contribution in [3.05, 3.63) is 127 Å². The fourth-order valence-electron chi connectivity index (χ4n) is 5.62. The topological polar surface area (TPSA) is 57.8 Å². The molecule has 7 aromatic rings. The van der Waals surface area contributed by atoms with E-state index in [1.165, 1.54) is 5.56 Å². The van der Waals surface area contributed by atoms with E-state index in [9.17, 15) is 0 Å². The summed E-state index contributed by atoms with van der Waals surface area (Å²) in [7, 11) is 0. The third-order valence-electron chi connectivity index (χ3n) is 7.96. The van der Waals surface area contributed by atoms with Gasteiger partial charge < -0.3 is 9.30 Å². The molecule has 0 saturated heterocycles. The van der Waals surface area contributed by atoms with Crippen LogP contribution in [0.4, 0.5) is 0 Å². The molecule has 0 N–H and O–H groups in total. The number of para-hydroxylation sites is 1. The second-order valence-electron chi connectivity index (χ2n) is 13.4. The molecule has 0 atom stereocenters. The first-order valence-corrected chi connectivity index (χ1v) is 15.2. The molecule has 0 amide bonds. The minimum Gasteiger partial charge on any atom is -0.509 e. The predicted octanol–water partition coefficient (Wildman–Crippen LogP) is 9.41. The Bertz CT molecular complexity index is 2170. The summed E-state index contributed by atoms with van der Waals surface area (Å²) in [6.45, 7) is 13.1. The van der Waals surface area contributed by atoms with Gasteiger partial charge in [-0.3, -0.25) is 0 Å². The number of ether oxygens (including phenoxy) is 1. The summed E-state index contributed by atoms with van der Waals surface area (Å²) in [4.78, 5) is 6.43. The van der Waals surface area contributed by atoms with Crippen LogP contribution in [-0.4, -0.2) is 24.5 Å². The summed E-state index contributed by atoms with van der Waals surface area (Å²) in [5.74, 6) is 1.99. The Balaban J connectivity index is 0.00000372. The van der Waals surface area contributed by atoms with Crippen molar-refractivity contribution < 1.29 is 25.8 Å². The quantitative estimate of drug-likeness (QED) is 0.163. The molecule has 0 aliphatic carbocycles.